The van der Waals surface area contributed by atoms with Crippen molar-refractivity contribution < 1.29 is 22.6 Å². The summed E-state index contributed by atoms with van der Waals surface area (Å²) in [5.74, 6) is 1.03. The van der Waals surface area contributed by atoms with Gasteiger partial charge in [-0.15, -0.1) is 0 Å². The Kier molecular flexibility index (Phi) is 7.60. The minimum Gasteiger partial charge on any atom is -0.492 e. The van der Waals surface area contributed by atoms with Crippen molar-refractivity contribution in [3.63, 3.8) is 0 Å². The van der Waals surface area contributed by atoms with Gasteiger partial charge in [0.05, 0.1) is 25.3 Å². The Bertz CT molecular complexity index is 678. The molecule has 1 unspecified atom stereocenters. The van der Waals surface area contributed by atoms with Gasteiger partial charge in [0.1, 0.15) is 12.4 Å². The second-order valence-corrected chi connectivity index (χ2v) is 7.15. The standard InChI is InChI=1S/C20H29F3N4O2/c1-2-24-19(27-8-6-17(15-27)26-9-12-28-13-10-26)25-7-11-29-18-5-3-4-16(14-18)20(21,22)23/h3-5,14,17H,2,6-13,15H2,1H3,(H,24,25). The topological polar surface area (TPSA) is 49.3 Å². The molecule has 1 atom stereocenters. The molecule has 0 radical (unpaired) electrons. The fourth-order valence-electron chi connectivity index (χ4n) is 3.68. The number of hydrogen-bond donors (Lipinski definition) is 1. The molecule has 0 bridgehead atoms. The maximum atomic E-state index is 12.8. The number of guanidine groups is 1. The molecule has 9 heteroatoms. The summed E-state index contributed by atoms with van der Waals surface area (Å²) in [6, 6.07) is 5.43. The number of aliphatic imine (C=N–C) groups is 1. The van der Waals surface area contributed by atoms with Crippen molar-refractivity contribution in [2.75, 3.05) is 59.1 Å². The van der Waals surface area contributed by atoms with Crippen molar-refractivity contribution >= 4 is 5.96 Å². The van der Waals surface area contributed by atoms with E-state index in [0.717, 1.165) is 70.5 Å². The number of ether oxygens (including phenoxy) is 2. The van der Waals surface area contributed by atoms with E-state index in [-0.39, 0.29) is 12.4 Å². The molecule has 2 fully saturated rings. The van der Waals surface area contributed by atoms with Gasteiger partial charge in [0, 0.05) is 38.8 Å². The average Bonchev–Trinajstić information content (AvgIpc) is 3.21. The van der Waals surface area contributed by atoms with Crippen molar-refractivity contribution in [3.8, 4) is 5.75 Å². The molecule has 2 heterocycles. The zero-order valence-electron chi connectivity index (χ0n) is 16.7. The summed E-state index contributed by atoms with van der Waals surface area (Å²) in [5.41, 5.74) is -0.710. The van der Waals surface area contributed by atoms with E-state index in [1.165, 1.54) is 12.1 Å². The van der Waals surface area contributed by atoms with Crippen LogP contribution in [0.25, 0.3) is 0 Å². The van der Waals surface area contributed by atoms with Crippen LogP contribution in [0.3, 0.4) is 0 Å². The molecule has 1 aromatic rings. The zero-order valence-corrected chi connectivity index (χ0v) is 16.7. The van der Waals surface area contributed by atoms with E-state index in [1.54, 1.807) is 0 Å². The van der Waals surface area contributed by atoms with Crippen LogP contribution in [0.4, 0.5) is 13.2 Å². The van der Waals surface area contributed by atoms with Gasteiger partial charge in [-0.2, -0.15) is 13.2 Å². The van der Waals surface area contributed by atoms with Crippen LogP contribution >= 0.6 is 0 Å². The first kappa shape index (κ1) is 21.7. The Morgan fingerprint density at radius 1 is 1.28 bits per heavy atom. The first-order valence-corrected chi connectivity index (χ1v) is 10.1. The maximum Gasteiger partial charge on any atom is 0.416 e. The Hall–Kier alpha value is -2.00. The fraction of sp³-hybridized carbons (Fsp3) is 0.650. The van der Waals surface area contributed by atoms with Crippen LogP contribution in [0.2, 0.25) is 0 Å². The average molecular weight is 414 g/mol. The smallest absolute Gasteiger partial charge is 0.416 e. The molecule has 6 nitrogen and oxygen atoms in total. The van der Waals surface area contributed by atoms with Gasteiger partial charge in [-0.3, -0.25) is 4.90 Å². The van der Waals surface area contributed by atoms with Gasteiger partial charge in [-0.25, -0.2) is 4.99 Å². The third-order valence-electron chi connectivity index (χ3n) is 5.14. The van der Waals surface area contributed by atoms with Crippen LogP contribution in [-0.2, 0) is 10.9 Å². The van der Waals surface area contributed by atoms with Crippen LogP contribution in [0.5, 0.6) is 5.75 Å². The Labute approximate surface area is 169 Å². The quantitative estimate of drug-likeness (QED) is 0.440. The first-order chi connectivity index (χ1) is 14.0. The van der Waals surface area contributed by atoms with E-state index in [0.29, 0.717) is 12.6 Å². The summed E-state index contributed by atoms with van der Waals surface area (Å²) in [5, 5.41) is 3.30. The number of hydrogen-bond acceptors (Lipinski definition) is 4. The highest BCUT2D eigenvalue weighted by atomic mass is 19.4. The third-order valence-corrected chi connectivity index (χ3v) is 5.14. The number of benzene rings is 1. The molecule has 1 N–H and O–H groups in total. The lowest BCUT2D eigenvalue weighted by atomic mass is 10.2. The van der Waals surface area contributed by atoms with E-state index >= 15 is 0 Å². The van der Waals surface area contributed by atoms with Gasteiger partial charge in [0.25, 0.3) is 0 Å². The lowest BCUT2D eigenvalue weighted by Crippen LogP contribution is -2.46. The number of rotatable bonds is 6. The van der Waals surface area contributed by atoms with Crippen molar-refractivity contribution in [2.24, 2.45) is 4.99 Å². The molecule has 0 amide bonds. The van der Waals surface area contributed by atoms with E-state index in [9.17, 15) is 13.2 Å². The molecule has 3 rings (SSSR count). The normalized spacial score (nSPS) is 21.4. The lowest BCUT2D eigenvalue weighted by Gasteiger charge is -2.32. The molecular weight excluding hydrogens is 385 g/mol. The number of alkyl halides is 3. The lowest BCUT2D eigenvalue weighted by molar-refractivity contribution is -0.137. The number of morpholine rings is 1. The zero-order chi connectivity index (χ0) is 20.7. The van der Waals surface area contributed by atoms with Crippen molar-refractivity contribution in [1.29, 1.82) is 0 Å². The SMILES string of the molecule is CCNC(=NCCOc1cccc(C(F)(F)F)c1)N1CCC(N2CCOCC2)C1. The predicted molar refractivity (Wildman–Crippen MR) is 105 cm³/mol. The van der Waals surface area contributed by atoms with Crippen LogP contribution in [0.15, 0.2) is 29.3 Å². The first-order valence-electron chi connectivity index (χ1n) is 10.1. The second kappa shape index (κ2) is 10.2. The van der Waals surface area contributed by atoms with E-state index in [2.05, 4.69) is 20.1 Å². The van der Waals surface area contributed by atoms with Gasteiger partial charge < -0.3 is 19.7 Å². The highest BCUT2D eigenvalue weighted by Crippen LogP contribution is 2.31. The molecule has 2 saturated heterocycles. The molecule has 0 spiro atoms. The molecule has 162 valence electrons. The van der Waals surface area contributed by atoms with Crippen LogP contribution in [-0.4, -0.2) is 80.9 Å². The largest absolute Gasteiger partial charge is 0.492 e. The molecule has 0 aliphatic carbocycles. The number of likely N-dealkylation sites (tertiary alicyclic amines) is 1. The molecule has 29 heavy (non-hydrogen) atoms. The van der Waals surface area contributed by atoms with Gasteiger partial charge in [-0.05, 0) is 31.5 Å². The minimum atomic E-state index is -4.37. The molecule has 0 saturated carbocycles. The minimum absolute atomic E-state index is 0.202. The van der Waals surface area contributed by atoms with E-state index in [4.69, 9.17) is 9.47 Å². The summed E-state index contributed by atoms with van der Waals surface area (Å²) in [6.45, 7) is 8.73. The van der Waals surface area contributed by atoms with Crippen LogP contribution < -0.4 is 10.1 Å². The molecule has 1 aromatic carbocycles. The monoisotopic (exact) mass is 414 g/mol. The molecular formula is C20H29F3N4O2. The van der Waals surface area contributed by atoms with Crippen LogP contribution in [0, 0.1) is 0 Å². The van der Waals surface area contributed by atoms with Gasteiger partial charge in [-0.1, -0.05) is 6.07 Å². The summed E-state index contributed by atoms with van der Waals surface area (Å²) >= 11 is 0. The Morgan fingerprint density at radius 2 is 2.07 bits per heavy atom. The van der Waals surface area contributed by atoms with Crippen molar-refractivity contribution in [3.05, 3.63) is 29.8 Å². The molecule has 2 aliphatic rings. The highest BCUT2D eigenvalue weighted by molar-refractivity contribution is 5.80. The van der Waals surface area contributed by atoms with Crippen LogP contribution in [0.1, 0.15) is 18.9 Å². The third kappa shape index (κ3) is 6.24. The summed E-state index contributed by atoms with van der Waals surface area (Å²) in [4.78, 5) is 9.32. The van der Waals surface area contributed by atoms with Gasteiger partial charge in [0.15, 0.2) is 5.96 Å². The van der Waals surface area contributed by atoms with Gasteiger partial charge >= 0.3 is 6.18 Å². The molecule has 2 aliphatic heterocycles. The maximum absolute atomic E-state index is 12.8. The fourth-order valence-corrected chi connectivity index (χ4v) is 3.68. The van der Waals surface area contributed by atoms with Gasteiger partial charge in [0.2, 0.25) is 0 Å². The second-order valence-electron chi connectivity index (χ2n) is 7.15. The highest BCUT2D eigenvalue weighted by Gasteiger charge is 2.31. The number of nitrogens with one attached hydrogen (secondary N) is 1. The summed E-state index contributed by atoms with van der Waals surface area (Å²) in [6.07, 6.45) is -3.28. The van der Waals surface area contributed by atoms with E-state index < -0.39 is 11.7 Å². The summed E-state index contributed by atoms with van der Waals surface area (Å²) < 4.78 is 49.3. The van der Waals surface area contributed by atoms with E-state index in [1.807, 2.05) is 6.92 Å². The number of halogens is 3. The van der Waals surface area contributed by atoms with Crippen molar-refractivity contribution in [1.82, 2.24) is 15.1 Å². The van der Waals surface area contributed by atoms with Crippen molar-refractivity contribution in [2.45, 2.75) is 25.6 Å². The summed E-state index contributed by atoms with van der Waals surface area (Å²) in [7, 11) is 0. The predicted octanol–water partition coefficient (Wildman–Crippen LogP) is 2.46. The molecule has 0 aromatic heterocycles. The Morgan fingerprint density at radius 3 is 2.79 bits per heavy atom. The number of nitrogens with zero attached hydrogens (tertiary/aromatic N) is 3. The Balaban J connectivity index is 1.51.